The number of aliphatic hydroxyl groups is 1. The molecule has 28 heavy (non-hydrogen) atoms. The summed E-state index contributed by atoms with van der Waals surface area (Å²) in [6.07, 6.45) is 2.13. The van der Waals surface area contributed by atoms with Crippen LogP contribution in [0.15, 0.2) is 18.2 Å². The van der Waals surface area contributed by atoms with Crippen molar-refractivity contribution >= 4 is 17.4 Å². The highest BCUT2D eigenvalue weighted by molar-refractivity contribution is 5.75. The number of rotatable bonds is 4. The third kappa shape index (κ3) is 5.69. The van der Waals surface area contributed by atoms with Gasteiger partial charge < -0.3 is 19.5 Å². The summed E-state index contributed by atoms with van der Waals surface area (Å²) in [7, 11) is 0. The second kappa shape index (κ2) is 7.79. The monoisotopic (exact) mass is 392 g/mol. The molecular formula is C20H28N2O6. The topological polar surface area (TPSA) is 102 Å². The molecule has 8 heteroatoms. The lowest BCUT2D eigenvalue weighted by Gasteiger charge is -2.30. The summed E-state index contributed by atoms with van der Waals surface area (Å²) in [5.74, 6) is -1.54. The first-order valence-electron chi connectivity index (χ1n) is 9.14. The third-order valence-corrected chi connectivity index (χ3v) is 4.07. The Hall–Kier alpha value is -2.61. The molecule has 1 N–H and O–H groups in total. The number of ether oxygens (including phenoxy) is 2. The second-order valence-corrected chi connectivity index (χ2v) is 8.35. The van der Waals surface area contributed by atoms with Crippen LogP contribution in [0.3, 0.4) is 0 Å². The van der Waals surface area contributed by atoms with E-state index in [2.05, 4.69) is 0 Å². The predicted molar refractivity (Wildman–Crippen MR) is 105 cm³/mol. The SMILES string of the molecule is Cc1cc([N+](=O)[O-])c(OC(C)(C)O)cc1C1=CCN(C(=O)OC(C)(C)C)CC1. The summed E-state index contributed by atoms with van der Waals surface area (Å²) in [5.41, 5.74) is 1.74. The lowest BCUT2D eigenvalue weighted by Crippen LogP contribution is -2.39. The third-order valence-electron chi connectivity index (χ3n) is 4.07. The van der Waals surface area contributed by atoms with Gasteiger partial charge in [0.1, 0.15) is 5.60 Å². The van der Waals surface area contributed by atoms with Crippen LogP contribution in [-0.4, -0.2) is 45.5 Å². The van der Waals surface area contributed by atoms with Crippen LogP contribution < -0.4 is 4.74 Å². The molecule has 1 amide bonds. The summed E-state index contributed by atoms with van der Waals surface area (Å²) < 4.78 is 10.8. The van der Waals surface area contributed by atoms with Crippen molar-refractivity contribution in [3.63, 3.8) is 0 Å². The fourth-order valence-corrected chi connectivity index (χ4v) is 2.92. The summed E-state index contributed by atoms with van der Waals surface area (Å²) in [5, 5.41) is 21.3. The fraction of sp³-hybridized carbons (Fsp3) is 0.550. The number of carbonyl (C=O) groups excluding carboxylic acids is 1. The number of carbonyl (C=O) groups is 1. The van der Waals surface area contributed by atoms with E-state index in [1.807, 2.05) is 26.8 Å². The first-order chi connectivity index (χ1) is 12.8. The van der Waals surface area contributed by atoms with E-state index in [1.165, 1.54) is 19.9 Å². The molecule has 0 fully saturated rings. The van der Waals surface area contributed by atoms with E-state index >= 15 is 0 Å². The average Bonchev–Trinajstić information content (AvgIpc) is 2.53. The van der Waals surface area contributed by atoms with Crippen LogP contribution in [0.5, 0.6) is 5.75 Å². The zero-order valence-corrected chi connectivity index (χ0v) is 17.2. The minimum absolute atomic E-state index is 0.00794. The van der Waals surface area contributed by atoms with Gasteiger partial charge in [-0.25, -0.2) is 4.79 Å². The van der Waals surface area contributed by atoms with E-state index in [-0.39, 0.29) is 17.5 Å². The molecule has 0 saturated heterocycles. The summed E-state index contributed by atoms with van der Waals surface area (Å²) in [4.78, 5) is 24.6. The predicted octanol–water partition coefficient (Wildman–Crippen LogP) is 4.03. The quantitative estimate of drug-likeness (QED) is 0.471. The smallest absolute Gasteiger partial charge is 0.410 e. The molecular weight excluding hydrogens is 364 g/mol. The summed E-state index contributed by atoms with van der Waals surface area (Å²) >= 11 is 0. The van der Waals surface area contributed by atoms with Gasteiger partial charge in [-0.3, -0.25) is 10.1 Å². The van der Waals surface area contributed by atoms with Crippen LogP contribution in [0, 0.1) is 17.0 Å². The van der Waals surface area contributed by atoms with Crippen molar-refractivity contribution in [2.45, 2.75) is 59.4 Å². The minimum atomic E-state index is -1.55. The highest BCUT2D eigenvalue weighted by Gasteiger charge is 2.27. The number of hydrogen-bond donors (Lipinski definition) is 1. The van der Waals surface area contributed by atoms with Gasteiger partial charge in [0.05, 0.1) is 4.92 Å². The molecule has 0 unspecified atom stereocenters. The van der Waals surface area contributed by atoms with Crippen molar-refractivity contribution in [3.8, 4) is 5.75 Å². The number of benzene rings is 1. The Balaban J connectivity index is 2.29. The molecule has 1 heterocycles. The van der Waals surface area contributed by atoms with E-state index in [0.29, 0.717) is 19.5 Å². The maximum atomic E-state index is 12.2. The van der Waals surface area contributed by atoms with Crippen LogP contribution in [0.25, 0.3) is 5.57 Å². The molecule has 1 aromatic carbocycles. The first kappa shape index (κ1) is 21.7. The van der Waals surface area contributed by atoms with Crippen LogP contribution in [0.1, 0.15) is 52.2 Å². The Morgan fingerprint density at radius 1 is 1.25 bits per heavy atom. The lowest BCUT2D eigenvalue weighted by molar-refractivity contribution is -0.386. The van der Waals surface area contributed by atoms with Gasteiger partial charge in [0.25, 0.3) is 0 Å². The van der Waals surface area contributed by atoms with E-state index in [1.54, 1.807) is 17.9 Å². The maximum Gasteiger partial charge on any atom is 0.410 e. The number of nitrogens with zero attached hydrogens (tertiary/aromatic N) is 2. The number of hydrogen-bond acceptors (Lipinski definition) is 6. The Morgan fingerprint density at radius 3 is 2.36 bits per heavy atom. The van der Waals surface area contributed by atoms with Crippen LogP contribution in [0.4, 0.5) is 10.5 Å². The van der Waals surface area contributed by atoms with Crippen LogP contribution >= 0.6 is 0 Å². The van der Waals surface area contributed by atoms with Gasteiger partial charge in [-0.1, -0.05) is 6.08 Å². The number of nitro groups is 1. The van der Waals surface area contributed by atoms with E-state index in [4.69, 9.17) is 9.47 Å². The van der Waals surface area contributed by atoms with E-state index < -0.39 is 16.3 Å². The van der Waals surface area contributed by atoms with Crippen molar-refractivity contribution in [3.05, 3.63) is 39.4 Å². The highest BCUT2D eigenvalue weighted by Crippen LogP contribution is 2.36. The Morgan fingerprint density at radius 2 is 1.89 bits per heavy atom. The number of aryl methyl sites for hydroxylation is 1. The maximum absolute atomic E-state index is 12.2. The Labute approximate surface area is 164 Å². The van der Waals surface area contributed by atoms with E-state index in [0.717, 1.165) is 16.7 Å². The van der Waals surface area contributed by atoms with Crippen LogP contribution in [0.2, 0.25) is 0 Å². The van der Waals surface area contributed by atoms with Gasteiger partial charge in [0, 0.05) is 33.0 Å². The second-order valence-electron chi connectivity index (χ2n) is 8.35. The normalized spacial score (nSPS) is 15.1. The van der Waals surface area contributed by atoms with Gasteiger partial charge in [0.2, 0.25) is 11.5 Å². The first-order valence-corrected chi connectivity index (χ1v) is 9.14. The molecule has 0 spiro atoms. The van der Waals surface area contributed by atoms with Crippen molar-refractivity contribution in [2.24, 2.45) is 0 Å². The van der Waals surface area contributed by atoms with Gasteiger partial charge in [0.15, 0.2) is 0 Å². The molecule has 8 nitrogen and oxygen atoms in total. The number of nitro benzene ring substituents is 1. The van der Waals surface area contributed by atoms with Gasteiger partial charge in [-0.2, -0.15) is 0 Å². The molecule has 2 rings (SSSR count). The largest absolute Gasteiger partial charge is 0.456 e. The Kier molecular flexibility index (Phi) is 6.03. The number of amides is 1. The summed E-state index contributed by atoms with van der Waals surface area (Å²) in [6, 6.07) is 3.03. The molecule has 0 bridgehead atoms. The zero-order valence-electron chi connectivity index (χ0n) is 17.2. The molecule has 0 atom stereocenters. The molecule has 154 valence electrons. The van der Waals surface area contributed by atoms with Crippen molar-refractivity contribution < 1.29 is 24.3 Å². The van der Waals surface area contributed by atoms with Crippen molar-refractivity contribution in [2.75, 3.05) is 13.1 Å². The molecule has 0 aromatic heterocycles. The standard InChI is InChI=1S/C20H28N2O6/c1-13-11-16(22(25)26)17(27-20(5,6)24)12-15(13)14-7-9-21(10-8-14)18(23)28-19(2,3)4/h7,11-12,24H,8-10H2,1-6H3. The fourth-order valence-electron chi connectivity index (χ4n) is 2.92. The van der Waals surface area contributed by atoms with Gasteiger partial charge in [-0.05, 0) is 56.9 Å². The minimum Gasteiger partial charge on any atom is -0.456 e. The van der Waals surface area contributed by atoms with E-state index in [9.17, 15) is 20.0 Å². The molecule has 0 aliphatic carbocycles. The molecule has 1 aliphatic rings. The lowest BCUT2D eigenvalue weighted by atomic mass is 9.94. The summed E-state index contributed by atoms with van der Waals surface area (Å²) in [6.45, 7) is 10.9. The molecule has 0 radical (unpaired) electrons. The highest BCUT2D eigenvalue weighted by atomic mass is 16.6. The molecule has 1 aromatic rings. The zero-order chi connectivity index (χ0) is 21.3. The molecule has 1 aliphatic heterocycles. The van der Waals surface area contributed by atoms with Gasteiger partial charge >= 0.3 is 11.8 Å². The van der Waals surface area contributed by atoms with Crippen molar-refractivity contribution in [1.29, 1.82) is 0 Å². The Bertz CT molecular complexity index is 802. The van der Waals surface area contributed by atoms with Crippen LogP contribution in [-0.2, 0) is 4.74 Å². The van der Waals surface area contributed by atoms with Gasteiger partial charge in [-0.15, -0.1) is 0 Å². The average molecular weight is 392 g/mol. The van der Waals surface area contributed by atoms with Crippen molar-refractivity contribution in [1.82, 2.24) is 4.90 Å². The molecule has 0 saturated carbocycles.